The number of aromatic nitrogens is 2. The van der Waals surface area contributed by atoms with E-state index >= 15 is 0 Å². The minimum absolute atomic E-state index is 0.0404. The third-order valence-corrected chi connectivity index (χ3v) is 4.79. The predicted molar refractivity (Wildman–Crippen MR) is 102 cm³/mol. The number of amides is 2. The Kier molecular flexibility index (Phi) is 5.78. The number of methoxy groups -OCH3 is 1. The molecule has 7 nitrogen and oxygen atoms in total. The molecule has 7 heteroatoms. The van der Waals surface area contributed by atoms with E-state index in [0.29, 0.717) is 25.3 Å². The van der Waals surface area contributed by atoms with Gasteiger partial charge in [0.1, 0.15) is 18.0 Å². The lowest BCUT2D eigenvalue weighted by Gasteiger charge is -2.34. The average Bonchev–Trinajstić information content (AvgIpc) is 3.04. The maximum Gasteiger partial charge on any atom is 0.272 e. The maximum atomic E-state index is 12.8. The van der Waals surface area contributed by atoms with Crippen LogP contribution in [0.3, 0.4) is 0 Å². The van der Waals surface area contributed by atoms with E-state index in [1.165, 1.54) is 0 Å². The van der Waals surface area contributed by atoms with Gasteiger partial charge in [0.2, 0.25) is 5.91 Å². The molecule has 1 saturated heterocycles. The molecule has 1 aromatic carbocycles. The highest BCUT2D eigenvalue weighted by Gasteiger charge is 2.29. The molecule has 0 atom stereocenters. The Morgan fingerprint density at radius 1 is 1.22 bits per heavy atom. The number of rotatable bonds is 6. The molecule has 2 heterocycles. The predicted octanol–water partition coefficient (Wildman–Crippen LogP) is 1.87. The fourth-order valence-corrected chi connectivity index (χ4v) is 3.27. The number of hydrogen-bond acceptors (Lipinski definition) is 4. The summed E-state index contributed by atoms with van der Waals surface area (Å²) in [6.45, 7) is 3.77. The molecule has 1 aliphatic heterocycles. The van der Waals surface area contributed by atoms with Crippen molar-refractivity contribution in [3.8, 4) is 5.75 Å². The molecule has 0 saturated carbocycles. The summed E-state index contributed by atoms with van der Waals surface area (Å²) in [5.74, 6) is 0.616. The van der Waals surface area contributed by atoms with Gasteiger partial charge in [-0.3, -0.25) is 14.3 Å². The van der Waals surface area contributed by atoms with Gasteiger partial charge >= 0.3 is 0 Å². The minimum atomic E-state index is -0.134. The van der Waals surface area contributed by atoms with Gasteiger partial charge in [0.05, 0.1) is 12.8 Å². The maximum absolute atomic E-state index is 12.8. The van der Waals surface area contributed by atoms with Crippen molar-refractivity contribution >= 4 is 11.8 Å². The number of hydrogen-bond donors (Lipinski definition) is 0. The van der Waals surface area contributed by atoms with Crippen LogP contribution in [0.5, 0.6) is 5.75 Å². The molecule has 0 aliphatic carbocycles. The molecule has 0 unspecified atom stereocenters. The first-order valence-corrected chi connectivity index (χ1v) is 9.24. The summed E-state index contributed by atoms with van der Waals surface area (Å²) < 4.78 is 6.77. The molecule has 3 rings (SSSR count). The SMILES string of the molecule is CCCc1cc(C(=O)N2CCN(Cc3ccc(OC)cc3)C(=O)C2)n(C)n1. The highest BCUT2D eigenvalue weighted by molar-refractivity contribution is 5.95. The van der Waals surface area contributed by atoms with Crippen LogP contribution in [0.4, 0.5) is 0 Å². The van der Waals surface area contributed by atoms with E-state index in [2.05, 4.69) is 12.0 Å². The van der Waals surface area contributed by atoms with E-state index in [0.717, 1.165) is 29.8 Å². The van der Waals surface area contributed by atoms with E-state index in [-0.39, 0.29) is 18.4 Å². The highest BCUT2D eigenvalue weighted by atomic mass is 16.5. The molecule has 2 aromatic rings. The fourth-order valence-electron chi connectivity index (χ4n) is 3.27. The van der Waals surface area contributed by atoms with Crippen LogP contribution in [0.25, 0.3) is 0 Å². The quantitative estimate of drug-likeness (QED) is 0.778. The van der Waals surface area contributed by atoms with Gasteiger partial charge in [-0.05, 0) is 30.2 Å². The summed E-state index contributed by atoms with van der Waals surface area (Å²) in [6.07, 6.45) is 1.82. The molecular formula is C20H26N4O3. The zero-order valence-electron chi connectivity index (χ0n) is 16.1. The van der Waals surface area contributed by atoms with Gasteiger partial charge in [-0.25, -0.2) is 0 Å². The van der Waals surface area contributed by atoms with E-state index in [1.807, 2.05) is 30.3 Å². The van der Waals surface area contributed by atoms with Crippen molar-refractivity contribution in [3.63, 3.8) is 0 Å². The van der Waals surface area contributed by atoms with Crippen LogP contribution in [0, 0.1) is 0 Å². The average molecular weight is 370 g/mol. The van der Waals surface area contributed by atoms with Crippen LogP contribution >= 0.6 is 0 Å². The van der Waals surface area contributed by atoms with Crippen molar-refractivity contribution in [2.24, 2.45) is 7.05 Å². The topological polar surface area (TPSA) is 67.7 Å². The van der Waals surface area contributed by atoms with Crippen molar-refractivity contribution < 1.29 is 14.3 Å². The zero-order valence-corrected chi connectivity index (χ0v) is 16.1. The Morgan fingerprint density at radius 2 is 1.96 bits per heavy atom. The van der Waals surface area contributed by atoms with Gasteiger partial charge in [-0.15, -0.1) is 0 Å². The molecule has 2 amide bonds. The molecule has 0 spiro atoms. The number of aryl methyl sites for hydroxylation is 2. The van der Waals surface area contributed by atoms with Crippen molar-refractivity contribution in [3.05, 3.63) is 47.3 Å². The summed E-state index contributed by atoms with van der Waals surface area (Å²) in [5, 5.41) is 4.38. The van der Waals surface area contributed by atoms with Gasteiger partial charge < -0.3 is 14.5 Å². The minimum Gasteiger partial charge on any atom is -0.497 e. The largest absolute Gasteiger partial charge is 0.497 e. The summed E-state index contributed by atoms with van der Waals surface area (Å²) in [5.41, 5.74) is 2.49. The molecule has 1 fully saturated rings. The standard InChI is InChI=1S/C20H26N4O3/c1-4-5-16-12-18(22(2)21-16)20(26)24-11-10-23(19(25)14-24)13-15-6-8-17(27-3)9-7-15/h6-9,12H,4-5,10-11,13-14H2,1-3H3. The van der Waals surface area contributed by atoms with Crippen molar-refractivity contribution in [2.45, 2.75) is 26.3 Å². The van der Waals surface area contributed by atoms with E-state index < -0.39 is 0 Å². The highest BCUT2D eigenvalue weighted by Crippen LogP contribution is 2.16. The number of carbonyl (C=O) groups excluding carboxylic acids is 2. The Labute approximate surface area is 159 Å². The van der Waals surface area contributed by atoms with Crippen molar-refractivity contribution in [1.82, 2.24) is 19.6 Å². The van der Waals surface area contributed by atoms with Gasteiger partial charge in [-0.1, -0.05) is 25.5 Å². The molecule has 1 aliphatic rings. The van der Waals surface area contributed by atoms with Gasteiger partial charge in [-0.2, -0.15) is 5.10 Å². The van der Waals surface area contributed by atoms with Crippen LogP contribution in [-0.4, -0.2) is 58.1 Å². The molecule has 0 bridgehead atoms. The number of piperazine rings is 1. The smallest absolute Gasteiger partial charge is 0.272 e. The summed E-state index contributed by atoms with van der Waals surface area (Å²) >= 11 is 0. The van der Waals surface area contributed by atoms with Crippen molar-refractivity contribution in [1.29, 1.82) is 0 Å². The Balaban J connectivity index is 1.62. The molecule has 1 aromatic heterocycles. The van der Waals surface area contributed by atoms with Crippen LogP contribution in [-0.2, 0) is 24.8 Å². The third kappa shape index (κ3) is 4.30. The normalized spacial score (nSPS) is 14.6. The Morgan fingerprint density at radius 3 is 2.59 bits per heavy atom. The first-order chi connectivity index (χ1) is 13.0. The second-order valence-corrected chi connectivity index (χ2v) is 6.78. The van der Waals surface area contributed by atoms with Crippen molar-refractivity contribution in [2.75, 3.05) is 26.7 Å². The van der Waals surface area contributed by atoms with E-state index in [4.69, 9.17) is 4.74 Å². The van der Waals surface area contributed by atoms with Crippen LogP contribution < -0.4 is 4.74 Å². The number of carbonyl (C=O) groups is 2. The van der Waals surface area contributed by atoms with Gasteiger partial charge in [0.15, 0.2) is 0 Å². The molecule has 144 valence electrons. The van der Waals surface area contributed by atoms with E-state index in [9.17, 15) is 9.59 Å². The lowest BCUT2D eigenvalue weighted by Crippen LogP contribution is -2.52. The van der Waals surface area contributed by atoms with Gasteiger partial charge in [0.25, 0.3) is 5.91 Å². The second kappa shape index (κ2) is 8.24. The van der Waals surface area contributed by atoms with Gasteiger partial charge in [0, 0.05) is 26.7 Å². The van der Waals surface area contributed by atoms with Crippen LogP contribution in [0.1, 0.15) is 35.1 Å². The number of benzene rings is 1. The summed E-state index contributed by atoms with van der Waals surface area (Å²) in [4.78, 5) is 28.7. The Hall–Kier alpha value is -2.83. The lowest BCUT2D eigenvalue weighted by molar-refractivity contribution is -0.135. The second-order valence-electron chi connectivity index (χ2n) is 6.78. The zero-order chi connectivity index (χ0) is 19.4. The third-order valence-electron chi connectivity index (χ3n) is 4.79. The number of ether oxygens (including phenoxy) is 1. The summed E-state index contributed by atoms with van der Waals surface area (Å²) in [6, 6.07) is 9.51. The first-order valence-electron chi connectivity index (χ1n) is 9.24. The molecule has 27 heavy (non-hydrogen) atoms. The monoisotopic (exact) mass is 370 g/mol. The van der Waals surface area contributed by atoms with E-state index in [1.54, 1.807) is 28.6 Å². The number of nitrogens with zero attached hydrogens (tertiary/aromatic N) is 4. The fraction of sp³-hybridized carbons (Fsp3) is 0.450. The Bertz CT molecular complexity index is 813. The first kappa shape index (κ1) is 18.9. The summed E-state index contributed by atoms with van der Waals surface area (Å²) in [7, 11) is 3.40. The molecular weight excluding hydrogens is 344 g/mol. The molecule has 0 N–H and O–H groups in total. The lowest BCUT2D eigenvalue weighted by atomic mass is 10.1. The van der Waals surface area contributed by atoms with Crippen LogP contribution in [0.15, 0.2) is 30.3 Å². The molecule has 0 radical (unpaired) electrons. The van der Waals surface area contributed by atoms with Crippen LogP contribution in [0.2, 0.25) is 0 Å².